The SMILES string of the molecule is C[Si](C)(C)CCOCn1nc(N2C[C@@H](F)C[C@@H]2c2cc(F)ccc2F)cc1-c1ccn(CC(F)F)n1. The van der Waals surface area contributed by atoms with Crippen molar-refractivity contribution in [3.8, 4) is 11.4 Å². The van der Waals surface area contributed by atoms with Gasteiger partial charge in [-0.05, 0) is 30.3 Å². The number of rotatable bonds is 10. The van der Waals surface area contributed by atoms with Crippen LogP contribution >= 0.6 is 0 Å². The number of aromatic nitrogens is 4. The lowest BCUT2D eigenvalue weighted by Gasteiger charge is -2.24. The van der Waals surface area contributed by atoms with E-state index in [9.17, 15) is 22.0 Å². The Morgan fingerprint density at radius 2 is 1.89 bits per heavy atom. The molecule has 1 fully saturated rings. The first-order chi connectivity index (χ1) is 17.0. The number of ether oxygens (including phenoxy) is 1. The predicted octanol–water partition coefficient (Wildman–Crippen LogP) is 5.89. The number of anilines is 1. The van der Waals surface area contributed by atoms with E-state index in [-0.39, 0.29) is 25.3 Å². The van der Waals surface area contributed by atoms with Gasteiger partial charge in [-0.1, -0.05) is 19.6 Å². The second-order valence-corrected chi connectivity index (χ2v) is 15.8. The minimum absolute atomic E-state index is 0.0156. The van der Waals surface area contributed by atoms with Crippen molar-refractivity contribution in [1.29, 1.82) is 0 Å². The first kappa shape index (κ1) is 26.3. The maximum Gasteiger partial charge on any atom is 0.257 e. The van der Waals surface area contributed by atoms with Crippen molar-refractivity contribution in [1.82, 2.24) is 19.6 Å². The van der Waals surface area contributed by atoms with Crippen LogP contribution in [0.2, 0.25) is 25.7 Å². The Hall–Kier alpha value is -2.73. The van der Waals surface area contributed by atoms with E-state index in [0.29, 0.717) is 23.8 Å². The van der Waals surface area contributed by atoms with Gasteiger partial charge in [0, 0.05) is 38.9 Å². The Morgan fingerprint density at radius 1 is 1.11 bits per heavy atom. The Bertz CT molecular complexity index is 1180. The first-order valence-corrected chi connectivity index (χ1v) is 15.5. The van der Waals surface area contributed by atoms with Crippen molar-refractivity contribution < 1.29 is 26.7 Å². The molecule has 6 nitrogen and oxygen atoms in total. The monoisotopic (exact) mass is 527 g/mol. The van der Waals surface area contributed by atoms with E-state index < -0.39 is 44.9 Å². The maximum absolute atomic E-state index is 14.6. The summed E-state index contributed by atoms with van der Waals surface area (Å²) < 4.78 is 77.2. The molecule has 12 heteroatoms. The summed E-state index contributed by atoms with van der Waals surface area (Å²) in [7, 11) is -1.32. The molecule has 0 radical (unpaired) electrons. The average molecular weight is 528 g/mol. The van der Waals surface area contributed by atoms with Crippen molar-refractivity contribution in [3.05, 3.63) is 53.7 Å². The van der Waals surface area contributed by atoms with Crippen molar-refractivity contribution in [3.63, 3.8) is 0 Å². The molecular formula is C24H30F5N5OSi. The quantitative estimate of drug-likeness (QED) is 0.187. The van der Waals surface area contributed by atoms with Crippen LogP contribution in [0.15, 0.2) is 36.5 Å². The van der Waals surface area contributed by atoms with Gasteiger partial charge < -0.3 is 9.64 Å². The molecule has 2 aromatic heterocycles. The third-order valence-corrected chi connectivity index (χ3v) is 7.77. The fourth-order valence-electron chi connectivity index (χ4n) is 4.22. The van der Waals surface area contributed by atoms with Gasteiger partial charge in [0.25, 0.3) is 6.43 Å². The number of halogens is 5. The minimum atomic E-state index is -2.56. The van der Waals surface area contributed by atoms with Crippen LogP contribution < -0.4 is 4.90 Å². The molecule has 0 N–H and O–H groups in total. The molecular weight excluding hydrogens is 497 g/mol. The van der Waals surface area contributed by atoms with Gasteiger partial charge in [-0.25, -0.2) is 26.6 Å². The van der Waals surface area contributed by atoms with Crippen molar-refractivity contribution in [2.75, 3.05) is 18.1 Å². The summed E-state index contributed by atoms with van der Waals surface area (Å²) in [4.78, 5) is 1.60. The van der Waals surface area contributed by atoms with Crippen LogP contribution in [0.3, 0.4) is 0 Å². The van der Waals surface area contributed by atoms with Gasteiger partial charge in [0.2, 0.25) is 0 Å². The van der Waals surface area contributed by atoms with Crippen LogP contribution in [0.25, 0.3) is 11.4 Å². The van der Waals surface area contributed by atoms with Crippen molar-refractivity contribution >= 4 is 13.9 Å². The van der Waals surface area contributed by atoms with E-state index in [4.69, 9.17) is 4.74 Å². The Morgan fingerprint density at radius 3 is 2.61 bits per heavy atom. The van der Waals surface area contributed by atoms with Gasteiger partial charge in [-0.2, -0.15) is 10.2 Å². The minimum Gasteiger partial charge on any atom is -0.360 e. The van der Waals surface area contributed by atoms with E-state index in [1.165, 1.54) is 6.20 Å². The molecule has 0 aliphatic carbocycles. The van der Waals surface area contributed by atoms with Crippen LogP contribution in [0.1, 0.15) is 18.0 Å². The van der Waals surface area contributed by atoms with Crippen molar-refractivity contribution in [2.24, 2.45) is 0 Å². The van der Waals surface area contributed by atoms with E-state index in [1.54, 1.807) is 21.7 Å². The van der Waals surface area contributed by atoms with Gasteiger partial charge >= 0.3 is 0 Å². The number of benzene rings is 1. The topological polar surface area (TPSA) is 48.1 Å². The maximum atomic E-state index is 14.6. The summed E-state index contributed by atoms with van der Waals surface area (Å²) in [5.41, 5.74) is 0.943. The summed E-state index contributed by atoms with van der Waals surface area (Å²) in [5, 5.41) is 8.82. The van der Waals surface area contributed by atoms with E-state index in [2.05, 4.69) is 29.8 Å². The van der Waals surface area contributed by atoms with Crippen LogP contribution in [0, 0.1) is 11.6 Å². The third-order valence-electron chi connectivity index (χ3n) is 6.07. The Balaban J connectivity index is 1.65. The molecule has 1 saturated heterocycles. The zero-order chi connectivity index (χ0) is 26.0. The van der Waals surface area contributed by atoms with Crippen LogP contribution in [0.5, 0.6) is 0 Å². The lowest BCUT2D eigenvalue weighted by atomic mass is 10.0. The fourth-order valence-corrected chi connectivity index (χ4v) is 4.98. The van der Waals surface area contributed by atoms with Crippen molar-refractivity contribution in [2.45, 2.75) is 64.0 Å². The van der Waals surface area contributed by atoms with Gasteiger partial charge in [0.05, 0.1) is 18.3 Å². The van der Waals surface area contributed by atoms with Gasteiger partial charge in [0.1, 0.15) is 36.8 Å². The van der Waals surface area contributed by atoms with Crippen LogP contribution in [0.4, 0.5) is 27.8 Å². The Labute approximate surface area is 207 Å². The highest BCUT2D eigenvalue weighted by atomic mass is 28.3. The molecule has 0 amide bonds. The number of alkyl halides is 3. The Kier molecular flexibility index (Phi) is 7.84. The van der Waals surface area contributed by atoms with E-state index in [1.807, 2.05) is 0 Å². The summed E-state index contributed by atoms with van der Waals surface area (Å²) in [6, 6.07) is 6.55. The standard InChI is InChI=1S/C24H30F5N5OSi/c1-36(2,3)9-8-35-15-34-22(20-6-7-32(30-20)14-23(28)29)12-24(31-34)33-13-17(26)11-21(33)18-10-16(25)4-5-19(18)27/h4-7,10,12,17,21,23H,8-9,11,13-15H2,1-3H3/t17-,21+/m0/s1. The molecule has 1 aliphatic rings. The fraction of sp³-hybridized carbons (Fsp3) is 0.500. The second-order valence-electron chi connectivity index (χ2n) is 10.2. The molecule has 36 heavy (non-hydrogen) atoms. The number of hydrogen-bond acceptors (Lipinski definition) is 4. The largest absolute Gasteiger partial charge is 0.360 e. The predicted molar refractivity (Wildman–Crippen MR) is 130 cm³/mol. The molecule has 2 atom stereocenters. The van der Waals surface area contributed by atoms with Gasteiger partial charge in [-0.15, -0.1) is 0 Å². The number of nitrogens with zero attached hydrogens (tertiary/aromatic N) is 5. The zero-order valence-corrected chi connectivity index (χ0v) is 21.5. The van der Waals surface area contributed by atoms with Gasteiger partial charge in [0.15, 0.2) is 5.82 Å². The molecule has 1 aliphatic heterocycles. The summed E-state index contributed by atoms with van der Waals surface area (Å²) in [6.45, 7) is 6.70. The second kappa shape index (κ2) is 10.7. The molecule has 3 aromatic rings. The first-order valence-electron chi connectivity index (χ1n) is 11.8. The smallest absolute Gasteiger partial charge is 0.257 e. The highest BCUT2D eigenvalue weighted by molar-refractivity contribution is 6.76. The highest BCUT2D eigenvalue weighted by Gasteiger charge is 2.37. The molecule has 0 unspecified atom stereocenters. The van der Waals surface area contributed by atoms with E-state index in [0.717, 1.165) is 28.9 Å². The molecule has 0 spiro atoms. The highest BCUT2D eigenvalue weighted by Crippen LogP contribution is 2.39. The average Bonchev–Trinajstić information content (AvgIpc) is 3.50. The number of hydrogen-bond donors (Lipinski definition) is 0. The lowest BCUT2D eigenvalue weighted by molar-refractivity contribution is 0.0798. The van der Waals surface area contributed by atoms with Crippen LogP contribution in [-0.4, -0.2) is 53.4 Å². The summed E-state index contributed by atoms with van der Waals surface area (Å²) >= 11 is 0. The normalized spacial score (nSPS) is 18.5. The lowest BCUT2D eigenvalue weighted by Crippen LogP contribution is -2.25. The molecule has 0 saturated carbocycles. The molecule has 4 rings (SSSR count). The summed E-state index contributed by atoms with van der Waals surface area (Å²) in [5.74, 6) is -0.892. The van der Waals surface area contributed by atoms with Crippen LogP contribution in [-0.2, 0) is 18.0 Å². The molecule has 1 aromatic carbocycles. The van der Waals surface area contributed by atoms with E-state index >= 15 is 0 Å². The third kappa shape index (κ3) is 6.33. The summed E-state index contributed by atoms with van der Waals surface area (Å²) in [6.07, 6.45) is -2.39. The molecule has 0 bridgehead atoms. The van der Waals surface area contributed by atoms with Gasteiger partial charge in [-0.3, -0.25) is 4.68 Å². The molecule has 3 heterocycles. The zero-order valence-electron chi connectivity index (χ0n) is 20.5. The molecule has 196 valence electrons.